The third kappa shape index (κ3) is 3.22. The molecule has 6 heteroatoms. The summed E-state index contributed by atoms with van der Waals surface area (Å²) >= 11 is 6.10. The van der Waals surface area contributed by atoms with Crippen LogP contribution < -0.4 is 14.8 Å². The number of hydrogen-bond acceptors (Lipinski definition) is 4. The first-order chi connectivity index (χ1) is 9.65. The highest BCUT2D eigenvalue weighted by molar-refractivity contribution is 6.32. The maximum absolute atomic E-state index is 11.9. The van der Waals surface area contributed by atoms with E-state index >= 15 is 0 Å². The smallest absolute Gasteiger partial charge is 0.261 e. The molecule has 1 aliphatic rings. The Morgan fingerprint density at radius 2 is 2.20 bits per heavy atom. The molecule has 1 aliphatic heterocycles. The molecule has 20 heavy (non-hydrogen) atoms. The Morgan fingerprint density at radius 3 is 2.90 bits per heavy atom. The third-order valence-corrected chi connectivity index (χ3v) is 3.41. The molecule has 0 radical (unpaired) electrons. The molecule has 1 heterocycles. The predicted molar refractivity (Wildman–Crippen MR) is 74.7 cm³/mol. The second-order valence-corrected chi connectivity index (χ2v) is 4.95. The number of carbonyl (C=O) groups excluding carboxylic acids is 2. The molecule has 1 fully saturated rings. The van der Waals surface area contributed by atoms with E-state index in [1.807, 2.05) is 0 Å². The summed E-state index contributed by atoms with van der Waals surface area (Å²) in [6.07, 6.45) is 2.54. The fourth-order valence-corrected chi connectivity index (χ4v) is 2.35. The molecule has 1 unspecified atom stereocenters. The van der Waals surface area contributed by atoms with Gasteiger partial charge >= 0.3 is 0 Å². The van der Waals surface area contributed by atoms with E-state index in [1.165, 1.54) is 19.2 Å². The van der Waals surface area contributed by atoms with Crippen molar-refractivity contribution in [1.82, 2.24) is 5.32 Å². The van der Waals surface area contributed by atoms with Crippen molar-refractivity contribution >= 4 is 23.8 Å². The van der Waals surface area contributed by atoms with Crippen molar-refractivity contribution in [3.63, 3.8) is 0 Å². The van der Waals surface area contributed by atoms with E-state index in [0.717, 1.165) is 12.8 Å². The highest BCUT2D eigenvalue weighted by Gasteiger charge is 2.25. The van der Waals surface area contributed by atoms with Crippen LogP contribution in [0.2, 0.25) is 5.02 Å². The zero-order valence-corrected chi connectivity index (χ0v) is 11.9. The summed E-state index contributed by atoms with van der Waals surface area (Å²) in [5.41, 5.74) is 0.393. The van der Waals surface area contributed by atoms with Gasteiger partial charge in [0.25, 0.3) is 5.91 Å². The summed E-state index contributed by atoms with van der Waals surface area (Å²) in [5.74, 6) is 0.485. The molecule has 0 bridgehead atoms. The van der Waals surface area contributed by atoms with E-state index < -0.39 is 6.10 Å². The quantitative estimate of drug-likeness (QED) is 0.865. The Labute approximate surface area is 122 Å². The summed E-state index contributed by atoms with van der Waals surface area (Å²) in [5, 5.41) is 3.04. The molecule has 0 saturated carbocycles. The van der Waals surface area contributed by atoms with Crippen molar-refractivity contribution in [2.75, 3.05) is 13.7 Å². The minimum atomic E-state index is -0.592. The first-order valence-corrected chi connectivity index (χ1v) is 6.80. The highest BCUT2D eigenvalue weighted by atomic mass is 35.5. The number of amides is 1. The molecule has 1 aromatic rings. The van der Waals surface area contributed by atoms with Crippen molar-refractivity contribution < 1.29 is 19.1 Å². The zero-order chi connectivity index (χ0) is 14.5. The van der Waals surface area contributed by atoms with Crippen LogP contribution in [0.4, 0.5) is 0 Å². The Balaban J connectivity index is 2.27. The van der Waals surface area contributed by atoms with Gasteiger partial charge in [-0.25, -0.2) is 0 Å². The second kappa shape index (κ2) is 6.61. The van der Waals surface area contributed by atoms with Gasteiger partial charge in [0.05, 0.1) is 12.1 Å². The Bertz CT molecular complexity index is 518. The lowest BCUT2D eigenvalue weighted by molar-refractivity contribution is -0.127. The summed E-state index contributed by atoms with van der Waals surface area (Å²) in [6.45, 7) is 0.660. The van der Waals surface area contributed by atoms with E-state index in [9.17, 15) is 9.59 Å². The van der Waals surface area contributed by atoms with Crippen molar-refractivity contribution in [2.24, 2.45) is 0 Å². The van der Waals surface area contributed by atoms with Gasteiger partial charge in [-0.2, -0.15) is 0 Å². The fraction of sp³-hybridized carbons (Fsp3) is 0.429. The molecule has 2 rings (SSSR count). The summed E-state index contributed by atoms with van der Waals surface area (Å²) in [6, 6.07) is 3.02. The molecular formula is C14H16ClNO4. The van der Waals surface area contributed by atoms with Gasteiger partial charge in [-0.1, -0.05) is 11.6 Å². The molecule has 1 atom stereocenters. The van der Waals surface area contributed by atoms with Crippen LogP contribution in [0.5, 0.6) is 11.5 Å². The number of rotatable bonds is 4. The maximum atomic E-state index is 11.9. The summed E-state index contributed by atoms with van der Waals surface area (Å²) in [4.78, 5) is 22.7. The number of hydrogen-bond donors (Lipinski definition) is 1. The third-order valence-electron chi connectivity index (χ3n) is 3.13. The van der Waals surface area contributed by atoms with Crippen molar-refractivity contribution in [3.05, 3.63) is 22.7 Å². The monoisotopic (exact) mass is 297 g/mol. The molecule has 1 aromatic carbocycles. The fourth-order valence-electron chi connectivity index (χ4n) is 2.09. The van der Waals surface area contributed by atoms with Gasteiger partial charge in [0, 0.05) is 12.1 Å². The average molecular weight is 298 g/mol. The van der Waals surface area contributed by atoms with Crippen LogP contribution in [0, 0.1) is 0 Å². The molecule has 0 spiro atoms. The number of halogens is 1. The van der Waals surface area contributed by atoms with Gasteiger partial charge in [0.2, 0.25) is 0 Å². The first kappa shape index (κ1) is 14.7. The van der Waals surface area contributed by atoms with Gasteiger partial charge in [-0.15, -0.1) is 0 Å². The van der Waals surface area contributed by atoms with E-state index in [0.29, 0.717) is 36.3 Å². The molecule has 1 saturated heterocycles. The van der Waals surface area contributed by atoms with Crippen molar-refractivity contribution in [2.45, 2.75) is 25.4 Å². The minimum Gasteiger partial charge on any atom is -0.493 e. The Hall–Kier alpha value is -1.75. The summed E-state index contributed by atoms with van der Waals surface area (Å²) in [7, 11) is 1.46. The summed E-state index contributed by atoms with van der Waals surface area (Å²) < 4.78 is 10.9. The normalized spacial score (nSPS) is 18.9. The number of methoxy groups -OCH3 is 1. The Morgan fingerprint density at radius 1 is 1.40 bits per heavy atom. The first-order valence-electron chi connectivity index (χ1n) is 6.42. The van der Waals surface area contributed by atoms with Crippen LogP contribution in [-0.2, 0) is 4.79 Å². The van der Waals surface area contributed by atoms with Gasteiger partial charge in [-0.05, 0) is 31.4 Å². The largest absolute Gasteiger partial charge is 0.493 e. The standard InChI is InChI=1S/C14H16ClNO4/c1-19-12-7-9(8-17)6-10(15)13(12)20-11-4-2-3-5-16-14(11)18/h6-8,11H,2-5H2,1H3,(H,16,18). The molecule has 0 aliphatic carbocycles. The number of aldehydes is 1. The Kier molecular flexibility index (Phi) is 4.84. The van der Waals surface area contributed by atoms with Crippen LogP contribution in [0.3, 0.4) is 0 Å². The van der Waals surface area contributed by atoms with Crippen LogP contribution in [0.25, 0.3) is 0 Å². The predicted octanol–water partition coefficient (Wildman–Crippen LogP) is 2.21. The van der Waals surface area contributed by atoms with E-state index in [1.54, 1.807) is 0 Å². The van der Waals surface area contributed by atoms with E-state index in [2.05, 4.69) is 5.32 Å². The molecule has 0 aromatic heterocycles. The van der Waals surface area contributed by atoms with Crippen molar-refractivity contribution in [3.8, 4) is 11.5 Å². The molecule has 1 amide bonds. The van der Waals surface area contributed by atoms with Gasteiger partial charge in [0.15, 0.2) is 17.6 Å². The van der Waals surface area contributed by atoms with Crippen LogP contribution in [0.1, 0.15) is 29.6 Å². The lowest BCUT2D eigenvalue weighted by Gasteiger charge is -2.19. The molecule has 5 nitrogen and oxygen atoms in total. The van der Waals surface area contributed by atoms with Gasteiger partial charge < -0.3 is 14.8 Å². The highest BCUT2D eigenvalue weighted by Crippen LogP contribution is 2.37. The number of carbonyl (C=O) groups is 2. The molecule has 108 valence electrons. The topological polar surface area (TPSA) is 64.6 Å². The van der Waals surface area contributed by atoms with Crippen LogP contribution in [-0.4, -0.2) is 32.0 Å². The number of nitrogens with one attached hydrogen (secondary N) is 1. The number of ether oxygens (including phenoxy) is 2. The van der Waals surface area contributed by atoms with Crippen LogP contribution >= 0.6 is 11.6 Å². The number of benzene rings is 1. The molecule has 1 N–H and O–H groups in total. The van der Waals surface area contributed by atoms with E-state index in [4.69, 9.17) is 21.1 Å². The minimum absolute atomic E-state index is 0.153. The van der Waals surface area contributed by atoms with Crippen molar-refractivity contribution in [1.29, 1.82) is 0 Å². The average Bonchev–Trinajstić information content (AvgIpc) is 2.65. The lowest BCUT2D eigenvalue weighted by atomic mass is 10.1. The van der Waals surface area contributed by atoms with Gasteiger partial charge in [0.1, 0.15) is 6.29 Å². The maximum Gasteiger partial charge on any atom is 0.261 e. The van der Waals surface area contributed by atoms with E-state index in [-0.39, 0.29) is 10.9 Å². The zero-order valence-electron chi connectivity index (χ0n) is 11.1. The SMILES string of the molecule is COc1cc(C=O)cc(Cl)c1OC1CCCCNC1=O. The van der Waals surface area contributed by atoms with Crippen LogP contribution in [0.15, 0.2) is 12.1 Å². The second-order valence-electron chi connectivity index (χ2n) is 4.55. The molecular weight excluding hydrogens is 282 g/mol. The lowest BCUT2D eigenvalue weighted by Crippen LogP contribution is -2.36. The van der Waals surface area contributed by atoms with Gasteiger partial charge in [-0.3, -0.25) is 9.59 Å².